The van der Waals surface area contributed by atoms with Crippen LogP contribution in [-0.2, 0) is 11.2 Å². The molecule has 94 valence electrons. The average molecular weight is 271 g/mol. The lowest BCUT2D eigenvalue weighted by atomic mass is 10.3. The van der Waals surface area contributed by atoms with Gasteiger partial charge in [-0.15, -0.1) is 23.1 Å². The van der Waals surface area contributed by atoms with Crippen molar-refractivity contribution in [3.8, 4) is 0 Å². The number of hydrogen-bond acceptors (Lipinski definition) is 5. The fourth-order valence-corrected chi connectivity index (χ4v) is 3.43. The Morgan fingerprint density at radius 1 is 1.59 bits per heavy atom. The molecule has 0 unspecified atom stereocenters. The number of fused-ring (bicyclic) bond motifs is 1. The van der Waals surface area contributed by atoms with Gasteiger partial charge in [0.05, 0.1) is 5.69 Å². The van der Waals surface area contributed by atoms with Gasteiger partial charge in [0.15, 0.2) is 4.96 Å². The maximum atomic E-state index is 5.66. The molecule has 0 aliphatic carbocycles. The number of rotatable bonds is 7. The summed E-state index contributed by atoms with van der Waals surface area (Å²) in [6.45, 7) is 1.47. The summed E-state index contributed by atoms with van der Waals surface area (Å²) >= 11 is 3.46. The molecule has 0 radical (unpaired) electrons. The van der Waals surface area contributed by atoms with Gasteiger partial charge in [0.1, 0.15) is 5.03 Å². The zero-order valence-corrected chi connectivity index (χ0v) is 11.5. The number of thiazole rings is 1. The molecule has 4 nitrogen and oxygen atoms in total. The number of hydrogen-bond donors (Lipinski definition) is 1. The normalized spacial score (nSPS) is 11.4. The summed E-state index contributed by atoms with van der Waals surface area (Å²) in [6, 6.07) is 0. The molecule has 0 atom stereocenters. The Morgan fingerprint density at radius 2 is 2.47 bits per heavy atom. The Labute approximate surface area is 109 Å². The second-order valence-corrected chi connectivity index (χ2v) is 5.61. The minimum atomic E-state index is 0.662. The lowest BCUT2D eigenvalue weighted by Crippen LogP contribution is -2.05. The van der Waals surface area contributed by atoms with Crippen LogP contribution in [0.5, 0.6) is 0 Å². The lowest BCUT2D eigenvalue weighted by Gasteiger charge is -2.02. The Kier molecular flexibility index (Phi) is 4.85. The van der Waals surface area contributed by atoms with Crippen molar-refractivity contribution in [1.29, 1.82) is 0 Å². The van der Waals surface area contributed by atoms with E-state index in [1.165, 1.54) is 5.69 Å². The van der Waals surface area contributed by atoms with Crippen molar-refractivity contribution in [1.82, 2.24) is 9.38 Å². The van der Waals surface area contributed by atoms with Gasteiger partial charge >= 0.3 is 0 Å². The first-order chi connectivity index (χ1) is 8.36. The zero-order valence-electron chi connectivity index (χ0n) is 9.89. The van der Waals surface area contributed by atoms with Crippen molar-refractivity contribution < 1.29 is 4.74 Å². The van der Waals surface area contributed by atoms with Crippen molar-refractivity contribution >= 4 is 28.1 Å². The van der Waals surface area contributed by atoms with Gasteiger partial charge in [-0.3, -0.25) is 4.40 Å². The van der Waals surface area contributed by atoms with Crippen LogP contribution in [0.1, 0.15) is 12.1 Å². The fourth-order valence-electron chi connectivity index (χ4n) is 1.66. The number of imidazole rings is 1. The third-order valence-electron chi connectivity index (χ3n) is 2.44. The van der Waals surface area contributed by atoms with Gasteiger partial charge in [-0.05, 0) is 13.0 Å². The Hall–Kier alpha value is -0.560. The molecular formula is C11H17N3OS2. The molecule has 2 rings (SSSR count). The van der Waals surface area contributed by atoms with Crippen molar-refractivity contribution in [2.75, 3.05) is 26.0 Å². The van der Waals surface area contributed by atoms with Gasteiger partial charge in [0, 0.05) is 37.5 Å². The van der Waals surface area contributed by atoms with Crippen LogP contribution < -0.4 is 5.73 Å². The molecular weight excluding hydrogens is 254 g/mol. The summed E-state index contributed by atoms with van der Waals surface area (Å²) in [5.74, 6) is 1.04. The van der Waals surface area contributed by atoms with Crippen LogP contribution in [0.15, 0.2) is 16.6 Å². The molecule has 0 bridgehead atoms. The summed E-state index contributed by atoms with van der Waals surface area (Å²) in [4.78, 5) is 5.70. The summed E-state index contributed by atoms with van der Waals surface area (Å²) in [6.07, 6.45) is 4.00. The monoisotopic (exact) mass is 271 g/mol. The first-order valence-electron chi connectivity index (χ1n) is 5.63. The molecule has 6 heteroatoms. The smallest absolute Gasteiger partial charge is 0.194 e. The number of nitrogens with zero attached hydrogens (tertiary/aromatic N) is 2. The molecule has 17 heavy (non-hydrogen) atoms. The zero-order chi connectivity index (χ0) is 12.1. The minimum Gasteiger partial charge on any atom is -0.385 e. The molecule has 0 saturated carbocycles. The van der Waals surface area contributed by atoms with Crippen LogP contribution in [0, 0.1) is 0 Å². The molecule has 0 amide bonds. The van der Waals surface area contributed by atoms with Gasteiger partial charge in [-0.25, -0.2) is 4.98 Å². The highest BCUT2D eigenvalue weighted by Gasteiger charge is 2.12. The average Bonchev–Trinajstić information content (AvgIpc) is 2.88. The molecule has 0 aliphatic rings. The van der Waals surface area contributed by atoms with Crippen LogP contribution in [-0.4, -0.2) is 35.4 Å². The quantitative estimate of drug-likeness (QED) is 0.618. The number of thioether (sulfide) groups is 1. The summed E-state index contributed by atoms with van der Waals surface area (Å²) in [5.41, 5.74) is 6.90. The highest BCUT2D eigenvalue weighted by molar-refractivity contribution is 7.99. The van der Waals surface area contributed by atoms with Crippen molar-refractivity contribution in [2.24, 2.45) is 5.73 Å². The Bertz CT molecular complexity index is 466. The molecule has 0 aromatic carbocycles. The summed E-state index contributed by atoms with van der Waals surface area (Å²) in [7, 11) is 1.73. The van der Waals surface area contributed by atoms with Gasteiger partial charge in [-0.2, -0.15) is 0 Å². The Balaban J connectivity index is 2.08. The fraction of sp³-hybridized carbons (Fsp3) is 0.545. The summed E-state index contributed by atoms with van der Waals surface area (Å²) in [5, 5.41) is 3.18. The van der Waals surface area contributed by atoms with E-state index < -0.39 is 0 Å². The molecule has 0 aliphatic heterocycles. The second kappa shape index (κ2) is 6.39. The third-order valence-corrected chi connectivity index (χ3v) is 4.29. The molecule has 0 saturated heterocycles. The highest BCUT2D eigenvalue weighted by atomic mass is 32.2. The predicted octanol–water partition coefficient (Wildman–Crippen LogP) is 2.03. The van der Waals surface area contributed by atoms with Gasteiger partial charge in [0.25, 0.3) is 0 Å². The van der Waals surface area contributed by atoms with Crippen molar-refractivity contribution in [3.05, 3.63) is 17.3 Å². The maximum Gasteiger partial charge on any atom is 0.194 e. The van der Waals surface area contributed by atoms with E-state index >= 15 is 0 Å². The topological polar surface area (TPSA) is 52.5 Å². The molecule has 2 N–H and O–H groups in total. The van der Waals surface area contributed by atoms with Crippen molar-refractivity contribution in [3.63, 3.8) is 0 Å². The lowest BCUT2D eigenvalue weighted by molar-refractivity contribution is 0.200. The number of aromatic nitrogens is 2. The molecule has 2 aromatic rings. The maximum absolute atomic E-state index is 5.66. The van der Waals surface area contributed by atoms with Crippen LogP contribution in [0.2, 0.25) is 0 Å². The first kappa shape index (κ1) is 12.9. The van der Waals surface area contributed by atoms with E-state index in [0.29, 0.717) is 6.54 Å². The minimum absolute atomic E-state index is 0.662. The SMILES string of the molecule is COCCCSc1nc2sccn2c1CCN. The number of methoxy groups -OCH3 is 1. The van der Waals surface area contributed by atoms with E-state index in [-0.39, 0.29) is 0 Å². The van der Waals surface area contributed by atoms with E-state index in [1.54, 1.807) is 30.2 Å². The molecule has 0 spiro atoms. The third kappa shape index (κ3) is 3.01. The van der Waals surface area contributed by atoms with Crippen LogP contribution in [0.4, 0.5) is 0 Å². The standard InChI is InChI=1S/C11H17N3OS2/c1-15-6-2-7-16-10-9(3-4-12)14-5-8-17-11(14)13-10/h5,8H,2-4,6-7,12H2,1H3. The number of ether oxygens (including phenoxy) is 1. The van der Waals surface area contributed by atoms with Crippen LogP contribution in [0.25, 0.3) is 4.96 Å². The van der Waals surface area contributed by atoms with Crippen LogP contribution in [0.3, 0.4) is 0 Å². The Morgan fingerprint density at radius 3 is 3.24 bits per heavy atom. The van der Waals surface area contributed by atoms with E-state index in [2.05, 4.69) is 21.0 Å². The molecule has 2 aromatic heterocycles. The van der Waals surface area contributed by atoms with Gasteiger partial charge in [-0.1, -0.05) is 0 Å². The van der Waals surface area contributed by atoms with Gasteiger partial charge in [0.2, 0.25) is 0 Å². The van der Waals surface area contributed by atoms with E-state index in [9.17, 15) is 0 Å². The number of nitrogens with two attached hydrogens (primary N) is 1. The van der Waals surface area contributed by atoms with E-state index in [4.69, 9.17) is 10.5 Å². The predicted molar refractivity (Wildman–Crippen MR) is 73.0 cm³/mol. The van der Waals surface area contributed by atoms with E-state index in [1.807, 2.05) is 0 Å². The molecule has 0 fully saturated rings. The second-order valence-electron chi connectivity index (χ2n) is 3.65. The summed E-state index contributed by atoms with van der Waals surface area (Å²) < 4.78 is 7.19. The first-order valence-corrected chi connectivity index (χ1v) is 7.49. The van der Waals surface area contributed by atoms with E-state index in [0.717, 1.165) is 35.2 Å². The van der Waals surface area contributed by atoms with Gasteiger partial charge < -0.3 is 10.5 Å². The largest absolute Gasteiger partial charge is 0.385 e. The highest BCUT2D eigenvalue weighted by Crippen LogP contribution is 2.26. The molecule has 2 heterocycles. The van der Waals surface area contributed by atoms with Crippen LogP contribution >= 0.6 is 23.1 Å². The van der Waals surface area contributed by atoms with Crippen molar-refractivity contribution in [2.45, 2.75) is 17.9 Å².